The fourth-order valence-corrected chi connectivity index (χ4v) is 9.13. The van der Waals surface area contributed by atoms with E-state index in [9.17, 15) is 0 Å². The maximum Gasteiger partial charge on any atom is 0.0443 e. The largest absolute Gasteiger partial charge is 0.341 e. The molecule has 52 heavy (non-hydrogen) atoms. The number of anilines is 4. The molecule has 9 rings (SSSR count). The third-order valence-electron chi connectivity index (χ3n) is 12.4. The van der Waals surface area contributed by atoms with Crippen molar-refractivity contribution >= 4 is 44.3 Å². The van der Waals surface area contributed by atoms with Crippen LogP contribution in [0.4, 0.5) is 22.7 Å². The lowest BCUT2D eigenvalue weighted by Crippen LogP contribution is -2.24. The highest BCUT2D eigenvalue weighted by molar-refractivity contribution is 6.22. The van der Waals surface area contributed by atoms with Crippen LogP contribution in [-0.2, 0) is 12.8 Å². The predicted octanol–water partition coefficient (Wildman–Crippen LogP) is 13.3. The zero-order chi connectivity index (χ0) is 35.7. The lowest BCUT2D eigenvalue weighted by atomic mass is 9.83. The first kappa shape index (κ1) is 32.6. The summed E-state index contributed by atoms with van der Waals surface area (Å²) in [5.41, 5.74) is 21.5. The van der Waals surface area contributed by atoms with E-state index in [-0.39, 0.29) is 0 Å². The Bertz CT molecular complexity index is 2330. The van der Waals surface area contributed by atoms with Gasteiger partial charge in [0, 0.05) is 35.8 Å². The summed E-state index contributed by atoms with van der Waals surface area (Å²) in [6, 6.07) is 42.3. The molecule has 0 atom stereocenters. The van der Waals surface area contributed by atoms with Crippen molar-refractivity contribution in [1.82, 2.24) is 0 Å². The van der Waals surface area contributed by atoms with Gasteiger partial charge in [0.05, 0.1) is 0 Å². The number of aryl methyl sites for hydroxylation is 6. The minimum atomic E-state index is 1.03. The number of rotatable bonds is 4. The average molecular weight is 677 g/mol. The average Bonchev–Trinajstić information content (AvgIpc) is 3.16. The van der Waals surface area contributed by atoms with Crippen LogP contribution in [0.1, 0.15) is 57.3 Å². The molecule has 7 aromatic rings. The molecule has 2 heteroatoms. The first-order chi connectivity index (χ1) is 25.3. The van der Waals surface area contributed by atoms with Crippen molar-refractivity contribution in [2.75, 3.05) is 22.9 Å². The molecule has 0 aromatic heterocycles. The Morgan fingerprint density at radius 3 is 1.19 bits per heavy atom. The molecule has 0 bridgehead atoms. The molecule has 0 unspecified atom stereocenters. The van der Waals surface area contributed by atoms with Gasteiger partial charge in [0.25, 0.3) is 0 Å². The number of nitrogens with zero attached hydrogens (tertiary/aromatic N) is 2. The van der Waals surface area contributed by atoms with Gasteiger partial charge in [-0.1, -0.05) is 72.8 Å². The number of hydrogen-bond acceptors (Lipinski definition) is 2. The Kier molecular flexibility index (Phi) is 7.96. The van der Waals surface area contributed by atoms with Crippen LogP contribution in [0.5, 0.6) is 0 Å². The van der Waals surface area contributed by atoms with Gasteiger partial charge in [-0.15, -0.1) is 0 Å². The number of fused-ring (bicyclic) bond motifs is 4. The van der Waals surface area contributed by atoms with Gasteiger partial charge in [0.1, 0.15) is 0 Å². The molecule has 0 amide bonds. The molecule has 0 saturated carbocycles. The van der Waals surface area contributed by atoms with E-state index in [1.165, 1.54) is 111 Å². The smallest absolute Gasteiger partial charge is 0.0443 e. The minimum Gasteiger partial charge on any atom is -0.341 e. The van der Waals surface area contributed by atoms with Crippen LogP contribution in [0.2, 0.25) is 0 Å². The van der Waals surface area contributed by atoms with Gasteiger partial charge in [-0.05, 0) is 192 Å². The molecule has 2 heterocycles. The molecule has 2 aliphatic heterocycles. The second kappa shape index (κ2) is 12.7. The molecule has 2 aliphatic rings. The molecule has 7 aromatic carbocycles. The van der Waals surface area contributed by atoms with Crippen molar-refractivity contribution in [3.05, 3.63) is 154 Å². The van der Waals surface area contributed by atoms with Crippen molar-refractivity contribution in [1.29, 1.82) is 0 Å². The topological polar surface area (TPSA) is 6.48 Å². The van der Waals surface area contributed by atoms with E-state index in [0.29, 0.717) is 0 Å². The van der Waals surface area contributed by atoms with E-state index in [4.69, 9.17) is 0 Å². The zero-order valence-corrected chi connectivity index (χ0v) is 31.5. The van der Waals surface area contributed by atoms with E-state index in [1.807, 2.05) is 0 Å². The fourth-order valence-electron chi connectivity index (χ4n) is 9.13. The van der Waals surface area contributed by atoms with Crippen molar-refractivity contribution in [2.24, 2.45) is 0 Å². The quantitative estimate of drug-likeness (QED) is 0.171. The zero-order valence-electron chi connectivity index (χ0n) is 31.5. The van der Waals surface area contributed by atoms with Crippen LogP contribution >= 0.6 is 0 Å². The van der Waals surface area contributed by atoms with E-state index in [2.05, 4.69) is 161 Å². The maximum atomic E-state index is 2.55. The van der Waals surface area contributed by atoms with Gasteiger partial charge in [0.15, 0.2) is 0 Å². The Balaban J connectivity index is 1.39. The van der Waals surface area contributed by atoms with Crippen LogP contribution < -0.4 is 9.80 Å². The lowest BCUT2D eigenvalue weighted by molar-refractivity contribution is 0.767. The van der Waals surface area contributed by atoms with Crippen molar-refractivity contribution in [3.8, 4) is 22.3 Å². The first-order valence-electron chi connectivity index (χ1n) is 19.2. The summed E-state index contributed by atoms with van der Waals surface area (Å²) in [7, 11) is 0. The molecule has 0 aliphatic carbocycles. The minimum absolute atomic E-state index is 1.03. The van der Waals surface area contributed by atoms with Gasteiger partial charge in [-0.2, -0.15) is 0 Å². The standard InChI is InChI=1S/C50H48N2/c1-31-25-39(26-32(2)35(31)5)49-43-21-19-42(52-24-12-16-38-14-8-10-18-48(38)52)30-46(43)50(40-27-33(3)36(6)34(4)28-40)44-22-20-41(29-45(44)49)51-23-11-15-37-13-7-9-17-47(37)51/h7-10,13-14,17-22,25-30H,11-12,15-16,23-24H2,1-6H3. The molecular weight excluding hydrogens is 629 g/mol. The SMILES string of the molecule is Cc1cc(-c2c3ccc(N4CCCc5ccccc54)cc3c(-c3cc(C)c(C)c(C)c3)c3ccc(N4CCCc5ccccc54)cc23)cc(C)c1C. The third-order valence-corrected chi connectivity index (χ3v) is 12.4. The summed E-state index contributed by atoms with van der Waals surface area (Å²) in [4.78, 5) is 5.10. The van der Waals surface area contributed by atoms with Gasteiger partial charge < -0.3 is 9.80 Å². The number of hydrogen-bond donors (Lipinski definition) is 0. The summed E-state index contributed by atoms with van der Waals surface area (Å²) in [6.45, 7) is 15.6. The number of benzene rings is 7. The highest BCUT2D eigenvalue weighted by Crippen LogP contribution is 2.48. The normalized spacial score (nSPS) is 14.2. The van der Waals surface area contributed by atoms with Crippen LogP contribution in [0, 0.1) is 41.5 Å². The van der Waals surface area contributed by atoms with Crippen LogP contribution in [0.15, 0.2) is 109 Å². The molecule has 258 valence electrons. The molecule has 2 nitrogen and oxygen atoms in total. The highest BCUT2D eigenvalue weighted by atomic mass is 15.1. The summed E-state index contributed by atoms with van der Waals surface area (Å²) in [5.74, 6) is 0. The van der Waals surface area contributed by atoms with Gasteiger partial charge in [-0.25, -0.2) is 0 Å². The van der Waals surface area contributed by atoms with Crippen LogP contribution in [0.3, 0.4) is 0 Å². The van der Waals surface area contributed by atoms with Crippen LogP contribution in [0.25, 0.3) is 43.8 Å². The van der Waals surface area contributed by atoms with Crippen molar-refractivity contribution in [2.45, 2.75) is 67.2 Å². The Morgan fingerprint density at radius 2 is 0.788 bits per heavy atom. The molecule has 0 saturated heterocycles. The van der Waals surface area contributed by atoms with E-state index < -0.39 is 0 Å². The summed E-state index contributed by atoms with van der Waals surface area (Å²) in [5, 5.41) is 5.26. The second-order valence-electron chi connectivity index (χ2n) is 15.4. The molecule has 0 fully saturated rings. The number of para-hydroxylation sites is 2. The molecule has 0 spiro atoms. The summed E-state index contributed by atoms with van der Waals surface area (Å²) < 4.78 is 0. The molecule has 0 N–H and O–H groups in total. The monoisotopic (exact) mass is 676 g/mol. The Labute approximate surface area is 309 Å². The van der Waals surface area contributed by atoms with E-state index in [1.54, 1.807) is 0 Å². The first-order valence-corrected chi connectivity index (χ1v) is 19.2. The Hall–Kier alpha value is -5.34. The summed E-state index contributed by atoms with van der Waals surface area (Å²) >= 11 is 0. The fraction of sp³-hybridized carbons (Fsp3) is 0.240. The van der Waals surface area contributed by atoms with Crippen LogP contribution in [-0.4, -0.2) is 13.1 Å². The third kappa shape index (κ3) is 5.31. The predicted molar refractivity (Wildman–Crippen MR) is 224 cm³/mol. The van der Waals surface area contributed by atoms with Gasteiger partial charge in [-0.3, -0.25) is 0 Å². The summed E-state index contributed by atoms with van der Waals surface area (Å²) in [6.07, 6.45) is 4.59. The highest BCUT2D eigenvalue weighted by Gasteiger charge is 2.24. The van der Waals surface area contributed by atoms with E-state index in [0.717, 1.165) is 38.8 Å². The van der Waals surface area contributed by atoms with Gasteiger partial charge >= 0.3 is 0 Å². The van der Waals surface area contributed by atoms with Crippen molar-refractivity contribution < 1.29 is 0 Å². The van der Waals surface area contributed by atoms with Gasteiger partial charge in [0.2, 0.25) is 0 Å². The van der Waals surface area contributed by atoms with E-state index >= 15 is 0 Å². The van der Waals surface area contributed by atoms with Crippen molar-refractivity contribution in [3.63, 3.8) is 0 Å². The molecule has 0 radical (unpaired) electrons. The maximum absolute atomic E-state index is 2.55. The Morgan fingerprint density at radius 1 is 0.404 bits per heavy atom. The lowest BCUT2D eigenvalue weighted by Gasteiger charge is -2.32. The second-order valence-corrected chi connectivity index (χ2v) is 15.4. The molecular formula is C50H48N2.